The number of nitrogens with zero attached hydrogens (tertiary/aromatic N) is 3. The van der Waals surface area contributed by atoms with E-state index in [1.807, 2.05) is 36.9 Å². The van der Waals surface area contributed by atoms with Crippen molar-refractivity contribution in [2.24, 2.45) is 0 Å². The molecule has 4 rings (SSSR count). The lowest BCUT2D eigenvalue weighted by Gasteiger charge is -2.39. The van der Waals surface area contributed by atoms with E-state index >= 15 is 0 Å². The molecule has 0 aliphatic carbocycles. The van der Waals surface area contributed by atoms with E-state index in [-0.39, 0.29) is 12.1 Å². The van der Waals surface area contributed by atoms with Crippen LogP contribution in [0, 0.1) is 13.8 Å². The first kappa shape index (κ1) is 21.8. The van der Waals surface area contributed by atoms with Crippen LogP contribution in [0.1, 0.15) is 28.4 Å². The molecular formula is C26H30N4O2. The molecule has 32 heavy (non-hydrogen) atoms. The van der Waals surface area contributed by atoms with E-state index in [1.165, 1.54) is 11.1 Å². The summed E-state index contributed by atoms with van der Waals surface area (Å²) >= 11 is 0. The van der Waals surface area contributed by atoms with Crippen molar-refractivity contribution in [3.05, 3.63) is 89.1 Å². The molecule has 1 aliphatic heterocycles. The minimum atomic E-state index is -0.121. The van der Waals surface area contributed by atoms with Gasteiger partial charge in [0.15, 0.2) is 0 Å². The Hall–Kier alpha value is -3.38. The highest BCUT2D eigenvalue weighted by atomic mass is 16.5. The van der Waals surface area contributed by atoms with Gasteiger partial charge in [-0.15, -0.1) is 0 Å². The monoisotopic (exact) mass is 430 g/mol. The van der Waals surface area contributed by atoms with Gasteiger partial charge in [-0.1, -0.05) is 60.7 Å². The van der Waals surface area contributed by atoms with Gasteiger partial charge in [-0.25, -0.2) is 9.78 Å². The van der Waals surface area contributed by atoms with Crippen molar-refractivity contribution in [3.8, 4) is 5.88 Å². The molecule has 1 fully saturated rings. The number of urea groups is 1. The number of carbonyl (C=O) groups excluding carboxylic acids is 1. The number of rotatable bonds is 5. The third kappa shape index (κ3) is 4.75. The first-order valence-corrected chi connectivity index (χ1v) is 11.0. The summed E-state index contributed by atoms with van der Waals surface area (Å²) in [6.07, 6.45) is 0. The van der Waals surface area contributed by atoms with Gasteiger partial charge in [-0.2, -0.15) is 0 Å². The molecule has 1 aromatic heterocycles. The van der Waals surface area contributed by atoms with Gasteiger partial charge in [0.05, 0.1) is 13.2 Å². The Morgan fingerprint density at radius 2 is 1.50 bits per heavy atom. The predicted molar refractivity (Wildman–Crippen MR) is 127 cm³/mol. The standard InChI is InChI=1S/C26H30N4O2/c1-19-18-23(25(32-3)27-20(19)2)28-26(31)30-16-14-29(15-17-30)24(21-10-6-4-7-11-21)22-12-8-5-9-13-22/h4-13,18,24H,14-17H2,1-3H3,(H,28,31). The Balaban J connectivity index is 1.46. The molecule has 166 valence electrons. The molecule has 2 amide bonds. The van der Waals surface area contributed by atoms with Gasteiger partial charge in [0.2, 0.25) is 5.88 Å². The minimum absolute atomic E-state index is 0.121. The lowest BCUT2D eigenvalue weighted by atomic mass is 9.96. The number of ether oxygens (including phenoxy) is 1. The number of amides is 2. The second kappa shape index (κ2) is 9.83. The highest BCUT2D eigenvalue weighted by Crippen LogP contribution is 2.30. The van der Waals surface area contributed by atoms with Gasteiger partial charge < -0.3 is 15.0 Å². The maximum Gasteiger partial charge on any atom is 0.322 e. The number of piperazine rings is 1. The molecule has 0 saturated carbocycles. The number of aromatic nitrogens is 1. The van der Waals surface area contributed by atoms with E-state index in [0.717, 1.165) is 24.3 Å². The summed E-state index contributed by atoms with van der Waals surface area (Å²) in [6.45, 7) is 6.81. The predicted octanol–water partition coefficient (Wildman–Crippen LogP) is 4.65. The van der Waals surface area contributed by atoms with E-state index in [4.69, 9.17) is 4.74 Å². The van der Waals surface area contributed by atoms with Gasteiger partial charge >= 0.3 is 6.03 Å². The first-order chi connectivity index (χ1) is 15.6. The Bertz CT molecular complexity index is 1010. The van der Waals surface area contributed by atoms with Crippen molar-refractivity contribution in [2.45, 2.75) is 19.9 Å². The summed E-state index contributed by atoms with van der Waals surface area (Å²) in [7, 11) is 1.57. The molecule has 3 aromatic rings. The molecule has 2 heterocycles. The van der Waals surface area contributed by atoms with Crippen LogP contribution in [-0.2, 0) is 0 Å². The van der Waals surface area contributed by atoms with Crippen LogP contribution in [0.4, 0.5) is 10.5 Å². The molecular weight excluding hydrogens is 400 g/mol. The number of nitrogens with one attached hydrogen (secondary N) is 1. The van der Waals surface area contributed by atoms with E-state index in [1.54, 1.807) is 7.11 Å². The molecule has 1 aliphatic rings. The first-order valence-electron chi connectivity index (χ1n) is 11.0. The zero-order chi connectivity index (χ0) is 22.5. The van der Waals surface area contributed by atoms with E-state index < -0.39 is 0 Å². The van der Waals surface area contributed by atoms with Crippen LogP contribution in [0.25, 0.3) is 0 Å². The van der Waals surface area contributed by atoms with Crippen molar-refractivity contribution in [2.75, 3.05) is 38.6 Å². The molecule has 0 spiro atoms. The van der Waals surface area contributed by atoms with Crippen LogP contribution in [0.5, 0.6) is 5.88 Å². The third-order valence-electron chi connectivity index (χ3n) is 6.06. The lowest BCUT2D eigenvalue weighted by molar-refractivity contribution is 0.126. The highest BCUT2D eigenvalue weighted by molar-refractivity contribution is 5.90. The zero-order valence-corrected chi connectivity index (χ0v) is 18.9. The van der Waals surface area contributed by atoms with Crippen LogP contribution in [-0.4, -0.2) is 54.1 Å². The van der Waals surface area contributed by atoms with Gasteiger partial charge in [0.25, 0.3) is 0 Å². The van der Waals surface area contributed by atoms with Crippen molar-refractivity contribution >= 4 is 11.7 Å². The SMILES string of the molecule is COc1nc(C)c(C)cc1NC(=O)N1CCN(C(c2ccccc2)c2ccccc2)CC1. The normalized spacial score (nSPS) is 14.4. The average Bonchev–Trinajstić information content (AvgIpc) is 2.83. The quantitative estimate of drug-likeness (QED) is 0.640. The number of anilines is 1. The number of methoxy groups -OCH3 is 1. The van der Waals surface area contributed by atoms with Crippen molar-refractivity contribution < 1.29 is 9.53 Å². The van der Waals surface area contributed by atoms with Crippen LogP contribution in [0.15, 0.2) is 66.7 Å². The van der Waals surface area contributed by atoms with E-state index in [0.29, 0.717) is 24.7 Å². The fourth-order valence-electron chi connectivity index (χ4n) is 4.19. The number of hydrogen-bond acceptors (Lipinski definition) is 4. The molecule has 1 saturated heterocycles. The van der Waals surface area contributed by atoms with Crippen LogP contribution >= 0.6 is 0 Å². The third-order valence-corrected chi connectivity index (χ3v) is 6.06. The summed E-state index contributed by atoms with van der Waals surface area (Å²) in [5.41, 5.74) is 5.04. The fourth-order valence-corrected chi connectivity index (χ4v) is 4.19. The molecule has 2 aromatic carbocycles. The minimum Gasteiger partial charge on any atom is -0.480 e. The van der Waals surface area contributed by atoms with Crippen LogP contribution < -0.4 is 10.1 Å². The summed E-state index contributed by atoms with van der Waals surface area (Å²) in [6, 6.07) is 23.1. The fraction of sp³-hybridized carbons (Fsp3) is 0.308. The molecule has 0 atom stereocenters. The number of pyridine rings is 1. The van der Waals surface area contributed by atoms with E-state index in [2.05, 4.69) is 63.7 Å². The Morgan fingerprint density at radius 1 is 0.938 bits per heavy atom. The van der Waals surface area contributed by atoms with Gasteiger partial charge in [0.1, 0.15) is 5.69 Å². The van der Waals surface area contributed by atoms with Crippen LogP contribution in [0.3, 0.4) is 0 Å². The topological polar surface area (TPSA) is 57.7 Å². The maximum atomic E-state index is 13.0. The molecule has 0 bridgehead atoms. The van der Waals surface area contributed by atoms with Crippen LogP contribution in [0.2, 0.25) is 0 Å². The second-order valence-corrected chi connectivity index (χ2v) is 8.12. The number of aryl methyl sites for hydroxylation is 2. The molecule has 0 radical (unpaired) electrons. The molecule has 6 nitrogen and oxygen atoms in total. The lowest BCUT2D eigenvalue weighted by Crippen LogP contribution is -2.51. The van der Waals surface area contributed by atoms with E-state index in [9.17, 15) is 4.79 Å². The molecule has 6 heteroatoms. The highest BCUT2D eigenvalue weighted by Gasteiger charge is 2.28. The number of hydrogen-bond donors (Lipinski definition) is 1. The Morgan fingerprint density at radius 3 is 2.03 bits per heavy atom. The van der Waals surface area contributed by atoms with Gasteiger partial charge in [0, 0.05) is 31.9 Å². The summed E-state index contributed by atoms with van der Waals surface area (Å²) in [5.74, 6) is 0.438. The van der Waals surface area contributed by atoms with Gasteiger partial charge in [-0.3, -0.25) is 4.90 Å². The summed E-state index contributed by atoms with van der Waals surface area (Å²) < 4.78 is 5.36. The second-order valence-electron chi connectivity index (χ2n) is 8.12. The van der Waals surface area contributed by atoms with Crippen molar-refractivity contribution in [1.82, 2.24) is 14.8 Å². The average molecular weight is 431 g/mol. The van der Waals surface area contributed by atoms with Crippen molar-refractivity contribution in [1.29, 1.82) is 0 Å². The van der Waals surface area contributed by atoms with Crippen molar-refractivity contribution in [3.63, 3.8) is 0 Å². The Labute approximate surface area is 189 Å². The summed E-state index contributed by atoms with van der Waals surface area (Å²) in [5, 5.41) is 2.99. The maximum absolute atomic E-state index is 13.0. The molecule has 0 unspecified atom stereocenters. The number of benzene rings is 2. The molecule has 1 N–H and O–H groups in total. The smallest absolute Gasteiger partial charge is 0.322 e. The number of carbonyl (C=O) groups is 1. The summed E-state index contributed by atoms with van der Waals surface area (Å²) in [4.78, 5) is 21.7. The zero-order valence-electron chi connectivity index (χ0n) is 18.9. The van der Waals surface area contributed by atoms with Gasteiger partial charge in [-0.05, 0) is 36.6 Å². The Kier molecular flexibility index (Phi) is 6.71. The largest absolute Gasteiger partial charge is 0.480 e.